The third kappa shape index (κ3) is 4.23. The molecule has 2 atom stereocenters. The zero-order valence-electron chi connectivity index (χ0n) is 13.3. The quantitative estimate of drug-likeness (QED) is 0.625. The van der Waals surface area contributed by atoms with Gasteiger partial charge in [-0.25, -0.2) is 0 Å². The highest BCUT2D eigenvalue weighted by molar-refractivity contribution is 6.21. The molecule has 1 saturated carbocycles. The Bertz CT molecular complexity index is 492. The fourth-order valence-corrected chi connectivity index (χ4v) is 3.35. The van der Waals surface area contributed by atoms with Crippen molar-refractivity contribution < 1.29 is 4.79 Å². The Morgan fingerprint density at radius 2 is 1.81 bits per heavy atom. The number of amides is 1. The summed E-state index contributed by atoms with van der Waals surface area (Å²) < 4.78 is 0. The molecule has 0 radical (unpaired) electrons. The first kappa shape index (κ1) is 16.4. The second kappa shape index (κ2) is 6.83. The highest BCUT2D eigenvalue weighted by Gasteiger charge is 2.26. The van der Waals surface area contributed by atoms with Crippen LogP contribution >= 0.6 is 11.6 Å². The van der Waals surface area contributed by atoms with Gasteiger partial charge in [0.25, 0.3) is 5.91 Å². The minimum Gasteiger partial charge on any atom is -0.348 e. The molecule has 0 bridgehead atoms. The van der Waals surface area contributed by atoms with Crippen molar-refractivity contribution in [1.29, 1.82) is 0 Å². The van der Waals surface area contributed by atoms with Crippen LogP contribution in [0.1, 0.15) is 68.8 Å². The number of carbonyl (C=O) groups is 1. The van der Waals surface area contributed by atoms with E-state index in [1.807, 2.05) is 24.3 Å². The highest BCUT2D eigenvalue weighted by Crippen LogP contribution is 2.27. The summed E-state index contributed by atoms with van der Waals surface area (Å²) in [4.78, 5) is 12.7. The third-order valence-corrected chi connectivity index (χ3v) is 4.75. The average Bonchev–Trinajstić information content (AvgIpc) is 2.63. The van der Waals surface area contributed by atoms with E-state index in [2.05, 4.69) is 26.1 Å². The van der Waals surface area contributed by atoms with Crippen molar-refractivity contribution in [3.8, 4) is 0 Å². The van der Waals surface area contributed by atoms with Gasteiger partial charge in [0.15, 0.2) is 0 Å². The molecule has 1 fully saturated rings. The lowest BCUT2D eigenvalue weighted by Crippen LogP contribution is -2.41. The molecular weight excluding hydrogens is 282 g/mol. The van der Waals surface area contributed by atoms with Crippen LogP contribution in [0.3, 0.4) is 0 Å². The van der Waals surface area contributed by atoms with E-state index < -0.39 is 0 Å². The first-order valence-corrected chi connectivity index (χ1v) is 8.37. The minimum atomic E-state index is -0.0439. The molecule has 21 heavy (non-hydrogen) atoms. The van der Waals surface area contributed by atoms with E-state index in [9.17, 15) is 4.79 Å². The normalized spacial score (nSPS) is 23.4. The summed E-state index contributed by atoms with van der Waals surface area (Å²) in [6.45, 7) is 6.40. The zero-order chi connectivity index (χ0) is 15.5. The molecule has 2 unspecified atom stereocenters. The largest absolute Gasteiger partial charge is 0.348 e. The predicted octanol–water partition coefficient (Wildman–Crippen LogP) is 4.65. The molecule has 0 heterocycles. The molecule has 0 saturated heterocycles. The Kier molecular flexibility index (Phi) is 5.32. The Morgan fingerprint density at radius 1 is 1.14 bits per heavy atom. The topological polar surface area (TPSA) is 29.1 Å². The molecule has 1 aliphatic carbocycles. The maximum Gasteiger partial charge on any atom is 0.251 e. The van der Waals surface area contributed by atoms with Crippen molar-refractivity contribution >= 4 is 17.5 Å². The van der Waals surface area contributed by atoms with Crippen molar-refractivity contribution in [3.63, 3.8) is 0 Å². The van der Waals surface area contributed by atoms with Crippen molar-refractivity contribution in [2.45, 2.75) is 69.7 Å². The second-order valence-electron chi connectivity index (χ2n) is 7.03. The lowest BCUT2D eigenvalue weighted by atomic mass is 9.83. The summed E-state index contributed by atoms with van der Waals surface area (Å²) in [5.41, 5.74) is 1.82. The number of rotatable bonds is 2. The number of hydrogen-bond acceptors (Lipinski definition) is 1. The molecule has 1 amide bonds. The van der Waals surface area contributed by atoms with Gasteiger partial charge in [-0.2, -0.15) is 0 Å². The molecule has 116 valence electrons. The van der Waals surface area contributed by atoms with Gasteiger partial charge in [0.1, 0.15) is 0 Å². The molecule has 0 aromatic heterocycles. The van der Waals surface area contributed by atoms with E-state index in [-0.39, 0.29) is 22.7 Å². The van der Waals surface area contributed by atoms with Gasteiger partial charge < -0.3 is 5.32 Å². The summed E-state index contributed by atoms with van der Waals surface area (Å²) in [5, 5.41) is 3.22. The van der Waals surface area contributed by atoms with Crippen molar-refractivity contribution in [2.24, 2.45) is 0 Å². The minimum absolute atomic E-state index is 0.0121. The van der Waals surface area contributed by atoms with Crippen LogP contribution in [0.15, 0.2) is 24.3 Å². The molecule has 1 N–H and O–H groups in total. The molecule has 1 aromatic carbocycles. The summed E-state index contributed by atoms with van der Waals surface area (Å²) in [5.74, 6) is 0.0121. The zero-order valence-corrected chi connectivity index (χ0v) is 14.0. The van der Waals surface area contributed by atoms with Gasteiger partial charge in [-0.15, -0.1) is 11.6 Å². The van der Waals surface area contributed by atoms with E-state index in [1.54, 1.807) is 0 Å². The molecule has 0 aliphatic heterocycles. The van der Waals surface area contributed by atoms with Crippen molar-refractivity contribution in [3.05, 3.63) is 35.4 Å². The number of hydrogen-bond donors (Lipinski definition) is 1. The molecule has 0 spiro atoms. The van der Waals surface area contributed by atoms with Crippen LogP contribution in [-0.4, -0.2) is 17.3 Å². The predicted molar refractivity (Wildman–Crippen MR) is 89.1 cm³/mol. The van der Waals surface area contributed by atoms with Gasteiger partial charge in [0.2, 0.25) is 0 Å². The van der Waals surface area contributed by atoms with Crippen LogP contribution in [0, 0.1) is 0 Å². The molecule has 1 aliphatic rings. The van der Waals surface area contributed by atoms with Crippen LogP contribution in [0.25, 0.3) is 0 Å². The SMILES string of the molecule is CC(C)(C)c1ccccc1C(=O)NC1CCCCCC1Cl. The van der Waals surface area contributed by atoms with Gasteiger partial charge in [-0.3, -0.25) is 4.79 Å². The number of alkyl halides is 1. The van der Waals surface area contributed by atoms with E-state index in [0.29, 0.717) is 0 Å². The van der Waals surface area contributed by atoms with Crippen molar-refractivity contribution in [1.82, 2.24) is 5.32 Å². The molecular formula is C18H26ClNO. The summed E-state index contributed by atoms with van der Waals surface area (Å²) in [6, 6.07) is 7.97. The number of nitrogens with one attached hydrogen (secondary N) is 1. The lowest BCUT2D eigenvalue weighted by Gasteiger charge is -2.25. The van der Waals surface area contributed by atoms with E-state index >= 15 is 0 Å². The molecule has 3 heteroatoms. The smallest absolute Gasteiger partial charge is 0.251 e. The summed E-state index contributed by atoms with van der Waals surface area (Å²) in [7, 11) is 0. The van der Waals surface area contributed by atoms with Gasteiger partial charge in [0.05, 0.1) is 5.38 Å². The van der Waals surface area contributed by atoms with Gasteiger partial charge in [-0.1, -0.05) is 58.2 Å². The average molecular weight is 308 g/mol. The van der Waals surface area contributed by atoms with Gasteiger partial charge in [0, 0.05) is 11.6 Å². The second-order valence-corrected chi connectivity index (χ2v) is 7.59. The van der Waals surface area contributed by atoms with E-state index in [4.69, 9.17) is 11.6 Å². The van der Waals surface area contributed by atoms with Gasteiger partial charge in [-0.05, 0) is 29.9 Å². The lowest BCUT2D eigenvalue weighted by molar-refractivity contribution is 0.0932. The highest BCUT2D eigenvalue weighted by atomic mass is 35.5. The molecule has 1 aromatic rings. The van der Waals surface area contributed by atoms with Crippen LogP contribution in [0.4, 0.5) is 0 Å². The van der Waals surface area contributed by atoms with Crippen molar-refractivity contribution in [2.75, 3.05) is 0 Å². The molecule has 2 nitrogen and oxygen atoms in total. The first-order valence-electron chi connectivity index (χ1n) is 7.94. The van der Waals surface area contributed by atoms with Gasteiger partial charge >= 0.3 is 0 Å². The van der Waals surface area contributed by atoms with Crippen LogP contribution in [0.2, 0.25) is 0 Å². The summed E-state index contributed by atoms with van der Waals surface area (Å²) in [6.07, 6.45) is 5.51. The Morgan fingerprint density at radius 3 is 2.52 bits per heavy atom. The third-order valence-electron chi connectivity index (χ3n) is 4.23. The number of benzene rings is 1. The molecule has 2 rings (SSSR count). The van der Waals surface area contributed by atoms with Crippen LogP contribution in [0.5, 0.6) is 0 Å². The Hall–Kier alpha value is -1.02. The first-order chi connectivity index (χ1) is 9.89. The maximum atomic E-state index is 12.7. The Labute approximate surface area is 133 Å². The Balaban J connectivity index is 2.17. The maximum absolute atomic E-state index is 12.7. The summed E-state index contributed by atoms with van der Waals surface area (Å²) >= 11 is 6.43. The fourth-order valence-electron chi connectivity index (χ4n) is 3.01. The van der Waals surface area contributed by atoms with E-state index in [0.717, 1.165) is 30.4 Å². The van der Waals surface area contributed by atoms with Crippen LogP contribution in [-0.2, 0) is 5.41 Å². The number of carbonyl (C=O) groups excluding carboxylic acids is 1. The monoisotopic (exact) mass is 307 g/mol. The van der Waals surface area contributed by atoms with E-state index in [1.165, 1.54) is 12.8 Å². The standard InChI is InChI=1S/C18H26ClNO/c1-18(2,3)14-10-8-7-9-13(14)17(21)20-16-12-6-4-5-11-15(16)19/h7-10,15-16H,4-6,11-12H2,1-3H3,(H,20,21). The van der Waals surface area contributed by atoms with Crippen LogP contribution < -0.4 is 5.32 Å². The fraction of sp³-hybridized carbons (Fsp3) is 0.611. The number of halogens is 1.